The first kappa shape index (κ1) is 11.0. The molecule has 0 amide bonds. The van der Waals surface area contributed by atoms with Crippen LogP contribution in [0.3, 0.4) is 0 Å². The molecule has 2 nitrogen and oxygen atoms in total. The molecule has 1 rings (SSSR count). The summed E-state index contributed by atoms with van der Waals surface area (Å²) in [7, 11) is 0. The highest BCUT2D eigenvalue weighted by Gasteiger charge is 2.13. The second-order valence-electron chi connectivity index (χ2n) is 3.97. The zero-order valence-corrected chi connectivity index (χ0v) is 8.50. The van der Waals surface area contributed by atoms with Gasteiger partial charge in [-0.25, -0.2) is 0 Å². The molecule has 0 aromatic rings. The van der Waals surface area contributed by atoms with Gasteiger partial charge in [0.2, 0.25) is 0 Å². The molecule has 1 atom stereocenters. The van der Waals surface area contributed by atoms with E-state index < -0.39 is 0 Å². The van der Waals surface area contributed by atoms with Crippen LogP contribution in [-0.2, 0) is 4.74 Å². The Hall–Kier alpha value is -0.0800. The Labute approximate surface area is 81.8 Å². The van der Waals surface area contributed by atoms with E-state index in [-0.39, 0.29) is 6.04 Å². The molecule has 0 heterocycles. The van der Waals surface area contributed by atoms with Crippen LogP contribution in [-0.4, -0.2) is 18.8 Å². The lowest BCUT2D eigenvalue weighted by atomic mass is 9.98. The van der Waals surface area contributed by atoms with Crippen molar-refractivity contribution in [3.63, 3.8) is 0 Å². The third-order valence-electron chi connectivity index (χ3n) is 2.77. The van der Waals surface area contributed by atoms with Gasteiger partial charge in [-0.1, -0.05) is 26.2 Å². The first-order valence-corrected chi connectivity index (χ1v) is 5.49. The van der Waals surface area contributed by atoms with Gasteiger partial charge in [0.25, 0.3) is 0 Å². The van der Waals surface area contributed by atoms with E-state index in [0.29, 0.717) is 6.10 Å². The van der Waals surface area contributed by atoms with E-state index in [4.69, 9.17) is 10.5 Å². The number of ether oxygens (including phenoxy) is 1. The largest absolute Gasteiger partial charge is 0.378 e. The first-order chi connectivity index (χ1) is 6.33. The zero-order chi connectivity index (χ0) is 9.52. The minimum absolute atomic E-state index is 0.226. The highest BCUT2D eigenvalue weighted by atomic mass is 16.5. The molecule has 0 aliphatic heterocycles. The lowest BCUT2D eigenvalue weighted by Gasteiger charge is -2.22. The Morgan fingerprint density at radius 2 is 2.00 bits per heavy atom. The summed E-state index contributed by atoms with van der Waals surface area (Å²) in [4.78, 5) is 0. The van der Waals surface area contributed by atoms with Gasteiger partial charge in [-0.15, -0.1) is 0 Å². The van der Waals surface area contributed by atoms with E-state index in [0.717, 1.165) is 19.4 Å². The van der Waals surface area contributed by atoms with Gasteiger partial charge in [-0.2, -0.15) is 0 Å². The SMILES string of the molecule is [CH2]CC(N)CCOC1CCCCC1. The van der Waals surface area contributed by atoms with Crippen molar-refractivity contribution in [2.24, 2.45) is 5.73 Å². The average Bonchev–Trinajstić information content (AvgIpc) is 2.19. The van der Waals surface area contributed by atoms with Crippen molar-refractivity contribution in [1.82, 2.24) is 0 Å². The quantitative estimate of drug-likeness (QED) is 0.711. The Morgan fingerprint density at radius 1 is 1.31 bits per heavy atom. The predicted molar refractivity (Wildman–Crippen MR) is 55.4 cm³/mol. The van der Waals surface area contributed by atoms with Crippen molar-refractivity contribution >= 4 is 0 Å². The summed E-state index contributed by atoms with van der Waals surface area (Å²) in [6.07, 6.45) is 8.86. The molecule has 1 radical (unpaired) electrons. The van der Waals surface area contributed by atoms with Crippen LogP contribution in [0.5, 0.6) is 0 Å². The zero-order valence-electron chi connectivity index (χ0n) is 8.50. The molecule has 0 aromatic carbocycles. The third-order valence-corrected chi connectivity index (χ3v) is 2.77. The van der Waals surface area contributed by atoms with Gasteiger partial charge in [0.15, 0.2) is 0 Å². The van der Waals surface area contributed by atoms with Crippen molar-refractivity contribution < 1.29 is 4.74 Å². The van der Waals surface area contributed by atoms with Crippen LogP contribution in [0.15, 0.2) is 0 Å². The monoisotopic (exact) mass is 184 g/mol. The molecule has 0 aromatic heterocycles. The molecule has 2 N–H and O–H groups in total. The maximum absolute atomic E-state index is 5.75. The Morgan fingerprint density at radius 3 is 2.62 bits per heavy atom. The molecule has 1 aliphatic carbocycles. The molecular formula is C11H22NO. The molecule has 13 heavy (non-hydrogen) atoms. The minimum Gasteiger partial charge on any atom is -0.378 e. The van der Waals surface area contributed by atoms with Gasteiger partial charge in [0.05, 0.1) is 6.10 Å². The average molecular weight is 184 g/mol. The van der Waals surface area contributed by atoms with Gasteiger partial charge in [-0.05, 0) is 25.7 Å². The fraction of sp³-hybridized carbons (Fsp3) is 0.909. The fourth-order valence-corrected chi connectivity index (χ4v) is 1.76. The van der Waals surface area contributed by atoms with Crippen molar-refractivity contribution in [3.05, 3.63) is 6.92 Å². The molecular weight excluding hydrogens is 162 g/mol. The van der Waals surface area contributed by atoms with E-state index in [1.807, 2.05) is 0 Å². The van der Waals surface area contributed by atoms with Crippen molar-refractivity contribution in [3.8, 4) is 0 Å². The van der Waals surface area contributed by atoms with Crippen LogP contribution in [0, 0.1) is 6.92 Å². The summed E-state index contributed by atoms with van der Waals surface area (Å²) in [6.45, 7) is 4.59. The smallest absolute Gasteiger partial charge is 0.0575 e. The van der Waals surface area contributed by atoms with E-state index in [1.54, 1.807) is 0 Å². The normalized spacial score (nSPS) is 21.7. The Balaban J connectivity index is 1.98. The second kappa shape index (κ2) is 6.39. The molecule has 77 valence electrons. The Bertz CT molecular complexity index is 121. The molecule has 1 saturated carbocycles. The highest BCUT2D eigenvalue weighted by Crippen LogP contribution is 2.20. The van der Waals surface area contributed by atoms with Crippen molar-refractivity contribution in [1.29, 1.82) is 0 Å². The summed E-state index contributed by atoms with van der Waals surface area (Å²) in [6, 6.07) is 0.226. The molecule has 1 unspecified atom stereocenters. The summed E-state index contributed by atoms with van der Waals surface area (Å²) in [5, 5.41) is 0. The lowest BCUT2D eigenvalue weighted by Crippen LogP contribution is -2.24. The van der Waals surface area contributed by atoms with E-state index in [1.165, 1.54) is 32.1 Å². The maximum Gasteiger partial charge on any atom is 0.0575 e. The second-order valence-corrected chi connectivity index (χ2v) is 3.97. The number of hydrogen-bond acceptors (Lipinski definition) is 2. The fourth-order valence-electron chi connectivity index (χ4n) is 1.76. The van der Waals surface area contributed by atoms with Gasteiger partial charge < -0.3 is 10.5 Å². The summed E-state index contributed by atoms with van der Waals surface area (Å²) < 4.78 is 5.75. The first-order valence-electron chi connectivity index (χ1n) is 5.49. The van der Waals surface area contributed by atoms with Crippen LogP contribution in [0.4, 0.5) is 0 Å². The number of nitrogens with two attached hydrogens (primary N) is 1. The van der Waals surface area contributed by atoms with Gasteiger partial charge in [0.1, 0.15) is 0 Å². The molecule has 0 bridgehead atoms. The summed E-state index contributed by atoms with van der Waals surface area (Å²) in [5.74, 6) is 0. The third kappa shape index (κ3) is 4.63. The van der Waals surface area contributed by atoms with Crippen LogP contribution < -0.4 is 5.73 Å². The molecule has 0 spiro atoms. The molecule has 1 fully saturated rings. The van der Waals surface area contributed by atoms with Gasteiger partial charge in [0, 0.05) is 12.6 Å². The number of rotatable bonds is 5. The van der Waals surface area contributed by atoms with E-state index in [9.17, 15) is 0 Å². The standard InChI is InChI=1S/C11H22NO/c1-2-10(12)8-9-13-11-6-4-3-5-7-11/h10-11H,1-9,12H2. The topological polar surface area (TPSA) is 35.2 Å². The van der Waals surface area contributed by atoms with Gasteiger partial charge in [-0.3, -0.25) is 0 Å². The maximum atomic E-state index is 5.75. The minimum atomic E-state index is 0.226. The van der Waals surface area contributed by atoms with Gasteiger partial charge >= 0.3 is 0 Å². The van der Waals surface area contributed by atoms with Crippen LogP contribution in [0.25, 0.3) is 0 Å². The van der Waals surface area contributed by atoms with E-state index in [2.05, 4.69) is 6.92 Å². The lowest BCUT2D eigenvalue weighted by molar-refractivity contribution is 0.0250. The van der Waals surface area contributed by atoms with Crippen molar-refractivity contribution in [2.75, 3.05) is 6.61 Å². The summed E-state index contributed by atoms with van der Waals surface area (Å²) >= 11 is 0. The van der Waals surface area contributed by atoms with Crippen molar-refractivity contribution in [2.45, 2.75) is 57.1 Å². The Kier molecular flexibility index (Phi) is 5.40. The van der Waals surface area contributed by atoms with Crippen LogP contribution >= 0.6 is 0 Å². The van der Waals surface area contributed by atoms with Crippen LogP contribution in [0.2, 0.25) is 0 Å². The molecule has 2 heteroatoms. The van der Waals surface area contributed by atoms with Crippen LogP contribution in [0.1, 0.15) is 44.9 Å². The number of hydrogen-bond donors (Lipinski definition) is 1. The highest BCUT2D eigenvalue weighted by molar-refractivity contribution is 4.66. The molecule has 1 aliphatic rings. The molecule has 0 saturated heterocycles. The van der Waals surface area contributed by atoms with E-state index >= 15 is 0 Å². The summed E-state index contributed by atoms with van der Waals surface area (Å²) in [5.41, 5.74) is 5.75. The predicted octanol–water partition coefficient (Wildman–Crippen LogP) is 2.28.